The summed E-state index contributed by atoms with van der Waals surface area (Å²) in [6.45, 7) is 1.15. The van der Waals surface area contributed by atoms with Crippen molar-refractivity contribution in [1.82, 2.24) is 0 Å². The Morgan fingerprint density at radius 2 is 1.85 bits per heavy atom. The molecule has 0 aliphatic carbocycles. The Morgan fingerprint density at radius 1 is 1.08 bits per heavy atom. The maximum atomic E-state index is 6.99. The predicted molar refractivity (Wildman–Crippen MR) is 104 cm³/mol. The Hall–Kier alpha value is -1.81. The first-order valence-electron chi connectivity index (χ1n) is 8.97. The van der Waals surface area contributed by atoms with Crippen LogP contribution < -0.4 is 4.74 Å². The van der Waals surface area contributed by atoms with Crippen LogP contribution in [0.5, 0.6) is 5.75 Å². The van der Waals surface area contributed by atoms with Crippen LogP contribution in [-0.2, 0) is 9.47 Å². The summed E-state index contributed by atoms with van der Waals surface area (Å²) in [7, 11) is 1.67. The molecule has 4 heteroatoms. The Balaban J connectivity index is 1.45. The summed E-state index contributed by atoms with van der Waals surface area (Å²) in [6.07, 6.45) is 4.95. The molecule has 0 bridgehead atoms. The Kier molecular flexibility index (Phi) is 5.03. The molecule has 2 aromatic rings. The van der Waals surface area contributed by atoms with Crippen molar-refractivity contribution >= 4 is 17.7 Å². The number of rotatable bonds is 4. The second kappa shape index (κ2) is 7.43. The minimum atomic E-state index is -0.380. The van der Waals surface area contributed by atoms with Crippen molar-refractivity contribution in [3.63, 3.8) is 0 Å². The molecule has 4 rings (SSSR count). The average Bonchev–Trinajstić information content (AvgIpc) is 3.03. The SMILES string of the molecule is COc1ccc([C@@H]2OC[C@]3(Cl)C[C@@H](/C=C/c4ccccc4)OC[C@H]23)cc1. The van der Waals surface area contributed by atoms with E-state index in [0.29, 0.717) is 13.2 Å². The third-order valence-corrected chi connectivity index (χ3v) is 5.85. The Labute approximate surface area is 159 Å². The molecular weight excluding hydrogens is 348 g/mol. The van der Waals surface area contributed by atoms with Gasteiger partial charge in [-0.2, -0.15) is 0 Å². The quantitative estimate of drug-likeness (QED) is 0.719. The van der Waals surface area contributed by atoms with Gasteiger partial charge < -0.3 is 14.2 Å². The van der Waals surface area contributed by atoms with Gasteiger partial charge in [-0.05, 0) is 29.7 Å². The molecule has 2 aliphatic heterocycles. The van der Waals surface area contributed by atoms with E-state index in [9.17, 15) is 0 Å². The van der Waals surface area contributed by atoms with E-state index in [-0.39, 0.29) is 23.0 Å². The normalized spacial score (nSPS) is 31.1. The van der Waals surface area contributed by atoms with Crippen LogP contribution in [-0.4, -0.2) is 31.3 Å². The Bertz CT molecular complexity index is 759. The summed E-state index contributed by atoms with van der Waals surface area (Å²) in [6, 6.07) is 18.3. The highest BCUT2D eigenvalue weighted by Gasteiger charge is 2.52. The fourth-order valence-electron chi connectivity index (χ4n) is 3.82. The second-order valence-electron chi connectivity index (χ2n) is 6.99. The molecule has 0 spiro atoms. The van der Waals surface area contributed by atoms with Gasteiger partial charge >= 0.3 is 0 Å². The van der Waals surface area contributed by atoms with Gasteiger partial charge in [-0.1, -0.05) is 54.6 Å². The summed E-state index contributed by atoms with van der Waals surface area (Å²) in [5, 5.41) is 0. The van der Waals surface area contributed by atoms with Gasteiger partial charge in [0, 0.05) is 5.92 Å². The van der Waals surface area contributed by atoms with E-state index in [0.717, 1.165) is 17.7 Å². The predicted octanol–water partition coefficient (Wildman–Crippen LogP) is 4.86. The number of hydrogen-bond acceptors (Lipinski definition) is 3. The van der Waals surface area contributed by atoms with Crippen molar-refractivity contribution in [2.24, 2.45) is 5.92 Å². The number of alkyl halides is 1. The molecule has 4 atom stereocenters. The van der Waals surface area contributed by atoms with Crippen LogP contribution in [0.15, 0.2) is 60.7 Å². The molecule has 2 fully saturated rings. The molecule has 2 saturated heterocycles. The molecule has 0 unspecified atom stereocenters. The van der Waals surface area contributed by atoms with Crippen molar-refractivity contribution in [2.75, 3.05) is 20.3 Å². The minimum absolute atomic E-state index is 0.0159. The van der Waals surface area contributed by atoms with Crippen LogP contribution in [0.25, 0.3) is 6.08 Å². The summed E-state index contributed by atoms with van der Waals surface area (Å²) in [4.78, 5) is -0.380. The maximum Gasteiger partial charge on any atom is 0.118 e. The summed E-state index contributed by atoms with van der Waals surface area (Å²) in [5.74, 6) is 0.994. The molecule has 0 aromatic heterocycles. The maximum absolute atomic E-state index is 6.99. The number of methoxy groups -OCH3 is 1. The van der Waals surface area contributed by atoms with Gasteiger partial charge in [0.15, 0.2) is 0 Å². The molecule has 0 radical (unpaired) electrons. The van der Waals surface area contributed by atoms with Gasteiger partial charge in [-0.25, -0.2) is 0 Å². The standard InChI is InChI=1S/C22H23ClO3/c1-24-18-11-8-17(9-12-18)21-20-14-25-19(13-22(20,23)15-26-21)10-7-16-5-3-2-4-6-16/h2-12,19-21H,13-15H2,1H3/b10-7+/t19-,20-,21+,22-/m1/s1. The smallest absolute Gasteiger partial charge is 0.118 e. The van der Waals surface area contributed by atoms with Crippen molar-refractivity contribution < 1.29 is 14.2 Å². The highest BCUT2D eigenvalue weighted by atomic mass is 35.5. The molecule has 0 amide bonds. The van der Waals surface area contributed by atoms with Gasteiger partial charge in [-0.15, -0.1) is 11.6 Å². The summed E-state index contributed by atoms with van der Waals surface area (Å²) < 4.78 is 17.4. The molecule has 2 heterocycles. The first kappa shape index (κ1) is 17.6. The second-order valence-corrected chi connectivity index (χ2v) is 7.74. The lowest BCUT2D eigenvalue weighted by Crippen LogP contribution is -2.43. The lowest BCUT2D eigenvalue weighted by Gasteiger charge is -2.37. The Morgan fingerprint density at radius 3 is 2.58 bits per heavy atom. The largest absolute Gasteiger partial charge is 0.497 e. The lowest BCUT2D eigenvalue weighted by atomic mass is 9.82. The summed E-state index contributed by atoms with van der Waals surface area (Å²) >= 11 is 6.99. The fourth-order valence-corrected chi connectivity index (χ4v) is 4.21. The number of halogens is 1. The van der Waals surface area contributed by atoms with E-state index in [1.165, 1.54) is 5.56 Å². The number of ether oxygens (including phenoxy) is 3. The monoisotopic (exact) mass is 370 g/mol. The molecule has 0 saturated carbocycles. The summed E-state index contributed by atoms with van der Waals surface area (Å²) in [5.41, 5.74) is 2.29. The fraction of sp³-hybridized carbons (Fsp3) is 0.364. The van der Waals surface area contributed by atoms with E-state index >= 15 is 0 Å². The van der Waals surface area contributed by atoms with Crippen LogP contribution in [0.1, 0.15) is 23.7 Å². The van der Waals surface area contributed by atoms with Gasteiger partial charge in [0.1, 0.15) is 5.75 Å². The number of benzene rings is 2. The van der Waals surface area contributed by atoms with E-state index in [1.807, 2.05) is 42.5 Å². The third-order valence-electron chi connectivity index (χ3n) is 5.31. The molecule has 136 valence electrons. The van der Waals surface area contributed by atoms with Crippen molar-refractivity contribution in [1.29, 1.82) is 0 Å². The van der Waals surface area contributed by atoms with Gasteiger partial charge in [0.2, 0.25) is 0 Å². The van der Waals surface area contributed by atoms with E-state index < -0.39 is 0 Å². The zero-order valence-corrected chi connectivity index (χ0v) is 15.6. The van der Waals surface area contributed by atoms with Gasteiger partial charge in [0.05, 0.1) is 37.4 Å². The van der Waals surface area contributed by atoms with Crippen LogP contribution in [0.4, 0.5) is 0 Å². The molecule has 2 aromatic carbocycles. The molecule has 0 N–H and O–H groups in total. The highest BCUT2D eigenvalue weighted by molar-refractivity contribution is 6.24. The zero-order valence-electron chi connectivity index (χ0n) is 14.8. The highest BCUT2D eigenvalue weighted by Crippen LogP contribution is 2.50. The first-order chi connectivity index (χ1) is 12.7. The van der Waals surface area contributed by atoms with E-state index in [2.05, 4.69) is 24.3 Å². The first-order valence-corrected chi connectivity index (χ1v) is 9.35. The van der Waals surface area contributed by atoms with Crippen molar-refractivity contribution in [3.8, 4) is 5.75 Å². The minimum Gasteiger partial charge on any atom is -0.497 e. The van der Waals surface area contributed by atoms with Gasteiger partial charge in [0.25, 0.3) is 0 Å². The molecule has 2 aliphatic rings. The van der Waals surface area contributed by atoms with E-state index in [1.54, 1.807) is 7.11 Å². The topological polar surface area (TPSA) is 27.7 Å². The molecule has 3 nitrogen and oxygen atoms in total. The van der Waals surface area contributed by atoms with Crippen LogP contribution in [0, 0.1) is 5.92 Å². The van der Waals surface area contributed by atoms with Crippen molar-refractivity contribution in [3.05, 3.63) is 71.8 Å². The van der Waals surface area contributed by atoms with Crippen LogP contribution in [0.2, 0.25) is 0 Å². The van der Waals surface area contributed by atoms with E-state index in [4.69, 9.17) is 25.8 Å². The molecular formula is C22H23ClO3. The van der Waals surface area contributed by atoms with Crippen molar-refractivity contribution in [2.45, 2.75) is 23.5 Å². The lowest BCUT2D eigenvalue weighted by molar-refractivity contribution is -0.0137. The number of hydrogen-bond donors (Lipinski definition) is 0. The van der Waals surface area contributed by atoms with Crippen LogP contribution in [0.3, 0.4) is 0 Å². The molecule has 26 heavy (non-hydrogen) atoms. The van der Waals surface area contributed by atoms with Crippen LogP contribution >= 0.6 is 11.6 Å². The third kappa shape index (κ3) is 3.52. The number of fused-ring (bicyclic) bond motifs is 1. The average molecular weight is 371 g/mol. The zero-order chi connectivity index (χ0) is 18.0. The van der Waals surface area contributed by atoms with Gasteiger partial charge in [-0.3, -0.25) is 0 Å².